The van der Waals surface area contributed by atoms with Crippen molar-refractivity contribution in [1.29, 1.82) is 0 Å². The maximum Gasteiger partial charge on any atom is 0.149 e. The summed E-state index contributed by atoms with van der Waals surface area (Å²) in [6.07, 6.45) is 0.00668. The lowest BCUT2D eigenvalue weighted by atomic mass is 10.2. The second-order valence-electron chi connectivity index (χ2n) is 6.96. The van der Waals surface area contributed by atoms with Gasteiger partial charge in [-0.3, -0.25) is 4.90 Å². The first-order valence-corrected chi connectivity index (χ1v) is 10.6. The second-order valence-corrected chi connectivity index (χ2v) is 8.18. The molecular formula is C21H26FN3OS. The number of nitrogens with one attached hydrogen (secondary N) is 1. The van der Waals surface area contributed by atoms with E-state index in [4.69, 9.17) is 4.74 Å². The SMILES string of the molecule is CC(Oc1ccccc1C1NCCS1)N1CCN(c2cccc(F)c2)CC1. The van der Waals surface area contributed by atoms with Crippen molar-refractivity contribution in [1.82, 2.24) is 10.2 Å². The Morgan fingerprint density at radius 3 is 2.67 bits per heavy atom. The molecule has 144 valence electrons. The summed E-state index contributed by atoms with van der Waals surface area (Å²) >= 11 is 1.93. The van der Waals surface area contributed by atoms with Crippen LogP contribution in [0.2, 0.25) is 0 Å². The molecule has 2 aromatic rings. The molecule has 2 heterocycles. The van der Waals surface area contributed by atoms with Gasteiger partial charge in [0.1, 0.15) is 17.8 Å². The van der Waals surface area contributed by atoms with Gasteiger partial charge >= 0.3 is 0 Å². The first kappa shape index (κ1) is 18.6. The van der Waals surface area contributed by atoms with Crippen molar-refractivity contribution in [3.8, 4) is 5.75 Å². The zero-order valence-corrected chi connectivity index (χ0v) is 16.4. The van der Waals surface area contributed by atoms with Crippen LogP contribution in [0.3, 0.4) is 0 Å². The Bertz CT molecular complexity index is 761. The van der Waals surface area contributed by atoms with E-state index in [0.29, 0.717) is 5.37 Å². The van der Waals surface area contributed by atoms with Crippen LogP contribution in [0.5, 0.6) is 5.75 Å². The molecule has 0 amide bonds. The third-order valence-electron chi connectivity index (χ3n) is 5.22. The minimum Gasteiger partial charge on any atom is -0.475 e. The summed E-state index contributed by atoms with van der Waals surface area (Å²) in [4.78, 5) is 4.58. The van der Waals surface area contributed by atoms with Gasteiger partial charge in [0.15, 0.2) is 0 Å². The molecule has 2 aliphatic heterocycles. The number of rotatable bonds is 5. The van der Waals surface area contributed by atoms with E-state index < -0.39 is 0 Å². The molecule has 2 unspecified atom stereocenters. The third kappa shape index (κ3) is 4.39. The molecule has 0 aliphatic carbocycles. The lowest BCUT2D eigenvalue weighted by Gasteiger charge is -2.39. The van der Waals surface area contributed by atoms with Crippen LogP contribution in [0.25, 0.3) is 0 Å². The summed E-state index contributed by atoms with van der Waals surface area (Å²) in [7, 11) is 0. The lowest BCUT2D eigenvalue weighted by molar-refractivity contribution is 0.0349. The van der Waals surface area contributed by atoms with Crippen molar-refractivity contribution in [2.75, 3.05) is 43.4 Å². The van der Waals surface area contributed by atoms with Crippen LogP contribution < -0.4 is 15.0 Å². The molecule has 6 heteroatoms. The smallest absolute Gasteiger partial charge is 0.149 e. The van der Waals surface area contributed by atoms with E-state index in [1.165, 1.54) is 11.6 Å². The van der Waals surface area contributed by atoms with Gasteiger partial charge in [0.25, 0.3) is 0 Å². The zero-order valence-electron chi connectivity index (χ0n) is 15.6. The predicted molar refractivity (Wildman–Crippen MR) is 110 cm³/mol. The number of hydrogen-bond donors (Lipinski definition) is 1. The highest BCUT2D eigenvalue weighted by Crippen LogP contribution is 2.36. The number of ether oxygens (including phenoxy) is 1. The average Bonchev–Trinajstić information content (AvgIpc) is 3.23. The molecule has 27 heavy (non-hydrogen) atoms. The highest BCUT2D eigenvalue weighted by Gasteiger charge is 2.25. The standard InChI is InChI=1S/C21H26FN3OS/c1-16(26-20-8-3-2-7-19(20)21-23-9-14-27-21)24-10-12-25(13-11-24)18-6-4-5-17(22)15-18/h2-8,15-16,21,23H,9-14H2,1H3. The van der Waals surface area contributed by atoms with Gasteiger partial charge < -0.3 is 15.0 Å². The summed E-state index contributed by atoms with van der Waals surface area (Å²) in [5.74, 6) is 1.92. The minimum absolute atomic E-state index is 0.00668. The van der Waals surface area contributed by atoms with Crippen molar-refractivity contribution in [3.63, 3.8) is 0 Å². The lowest BCUT2D eigenvalue weighted by Crippen LogP contribution is -2.51. The number of thioether (sulfide) groups is 1. The number of nitrogens with zero attached hydrogens (tertiary/aromatic N) is 2. The second kappa shape index (κ2) is 8.50. The maximum absolute atomic E-state index is 13.5. The normalized spacial score (nSPS) is 22.0. The number of para-hydroxylation sites is 1. The van der Waals surface area contributed by atoms with Gasteiger partial charge in [-0.2, -0.15) is 0 Å². The van der Waals surface area contributed by atoms with Gasteiger partial charge in [0.2, 0.25) is 0 Å². The highest BCUT2D eigenvalue weighted by molar-refractivity contribution is 7.99. The Morgan fingerprint density at radius 2 is 1.93 bits per heavy atom. The summed E-state index contributed by atoms with van der Waals surface area (Å²) in [6, 6.07) is 15.2. The number of piperazine rings is 1. The largest absolute Gasteiger partial charge is 0.475 e. The van der Waals surface area contributed by atoms with E-state index in [0.717, 1.165) is 49.9 Å². The Morgan fingerprint density at radius 1 is 1.11 bits per heavy atom. The van der Waals surface area contributed by atoms with Crippen LogP contribution in [0.4, 0.5) is 10.1 Å². The fourth-order valence-electron chi connectivity index (χ4n) is 3.70. The fraction of sp³-hybridized carbons (Fsp3) is 0.429. The zero-order chi connectivity index (χ0) is 18.6. The fourth-order valence-corrected chi connectivity index (χ4v) is 4.79. The number of hydrogen-bond acceptors (Lipinski definition) is 5. The molecule has 4 nitrogen and oxygen atoms in total. The van der Waals surface area contributed by atoms with Crippen LogP contribution in [-0.2, 0) is 0 Å². The van der Waals surface area contributed by atoms with Crippen LogP contribution in [0.15, 0.2) is 48.5 Å². The molecule has 2 aromatic carbocycles. The molecule has 2 aliphatic rings. The van der Waals surface area contributed by atoms with Crippen molar-refractivity contribution >= 4 is 17.4 Å². The first-order valence-electron chi connectivity index (χ1n) is 9.56. The van der Waals surface area contributed by atoms with E-state index >= 15 is 0 Å². The van der Waals surface area contributed by atoms with Crippen molar-refractivity contribution < 1.29 is 9.13 Å². The first-order chi connectivity index (χ1) is 13.2. The van der Waals surface area contributed by atoms with E-state index in [1.807, 2.05) is 23.9 Å². The molecular weight excluding hydrogens is 361 g/mol. The van der Waals surface area contributed by atoms with Crippen LogP contribution >= 0.6 is 11.8 Å². The van der Waals surface area contributed by atoms with Crippen molar-refractivity contribution in [2.24, 2.45) is 0 Å². The number of benzene rings is 2. The Hall–Kier alpha value is -1.76. The average molecular weight is 388 g/mol. The number of halogens is 1. The summed E-state index contributed by atoms with van der Waals surface area (Å²) in [5.41, 5.74) is 2.18. The van der Waals surface area contributed by atoms with Gasteiger partial charge in [-0.15, -0.1) is 11.8 Å². The van der Waals surface area contributed by atoms with Crippen molar-refractivity contribution in [2.45, 2.75) is 18.5 Å². The predicted octanol–water partition coefficient (Wildman–Crippen LogP) is 3.71. The molecule has 2 saturated heterocycles. The molecule has 2 fully saturated rings. The Kier molecular flexibility index (Phi) is 5.86. The van der Waals surface area contributed by atoms with Gasteiger partial charge in [0, 0.05) is 49.7 Å². The molecule has 0 aromatic heterocycles. The maximum atomic E-state index is 13.5. The minimum atomic E-state index is -0.179. The quantitative estimate of drug-likeness (QED) is 0.844. The molecule has 1 N–H and O–H groups in total. The Labute approximate surface area is 164 Å². The topological polar surface area (TPSA) is 27.7 Å². The highest BCUT2D eigenvalue weighted by atomic mass is 32.2. The monoisotopic (exact) mass is 387 g/mol. The molecule has 0 bridgehead atoms. The summed E-state index contributed by atoms with van der Waals surface area (Å²) in [5, 5.41) is 3.84. The van der Waals surface area contributed by atoms with Gasteiger partial charge in [0.05, 0.1) is 5.37 Å². The molecule has 0 spiro atoms. The van der Waals surface area contributed by atoms with Crippen LogP contribution in [0, 0.1) is 5.82 Å². The van der Waals surface area contributed by atoms with Gasteiger partial charge in [-0.1, -0.05) is 24.3 Å². The summed E-state index contributed by atoms with van der Waals surface area (Å²) < 4.78 is 19.8. The molecule has 4 rings (SSSR count). The van der Waals surface area contributed by atoms with E-state index in [1.54, 1.807) is 12.1 Å². The van der Waals surface area contributed by atoms with Gasteiger partial charge in [-0.25, -0.2) is 4.39 Å². The molecule has 2 atom stereocenters. The van der Waals surface area contributed by atoms with E-state index in [2.05, 4.69) is 40.2 Å². The third-order valence-corrected chi connectivity index (χ3v) is 6.41. The van der Waals surface area contributed by atoms with E-state index in [-0.39, 0.29) is 12.0 Å². The molecule has 0 saturated carbocycles. The number of anilines is 1. The van der Waals surface area contributed by atoms with Crippen molar-refractivity contribution in [3.05, 3.63) is 59.9 Å². The van der Waals surface area contributed by atoms with Crippen LogP contribution in [-0.4, -0.2) is 49.6 Å². The van der Waals surface area contributed by atoms with E-state index in [9.17, 15) is 4.39 Å². The van der Waals surface area contributed by atoms with Gasteiger partial charge in [-0.05, 0) is 31.2 Å². The molecule has 0 radical (unpaired) electrons. The Balaban J connectivity index is 1.37. The summed E-state index contributed by atoms with van der Waals surface area (Å²) in [6.45, 7) is 6.70. The van der Waals surface area contributed by atoms with Crippen LogP contribution in [0.1, 0.15) is 17.9 Å².